The van der Waals surface area contributed by atoms with E-state index in [0.717, 1.165) is 55.6 Å². The average molecular weight is 462 g/mol. The second kappa shape index (κ2) is 12.6. The lowest BCUT2D eigenvalue weighted by Crippen LogP contribution is -2.32. The van der Waals surface area contributed by atoms with Crippen molar-refractivity contribution in [2.45, 2.75) is 90.9 Å². The van der Waals surface area contributed by atoms with Crippen molar-refractivity contribution in [2.24, 2.45) is 0 Å². The maximum Gasteiger partial charge on any atom is 0.310 e. The summed E-state index contributed by atoms with van der Waals surface area (Å²) in [4.78, 5) is 16.2. The lowest BCUT2D eigenvalue weighted by atomic mass is 9.71. The first-order chi connectivity index (χ1) is 16.5. The molecule has 0 spiro atoms. The summed E-state index contributed by atoms with van der Waals surface area (Å²) in [5.41, 5.74) is 5.37. The van der Waals surface area contributed by atoms with Gasteiger partial charge in [0.2, 0.25) is 0 Å². The van der Waals surface area contributed by atoms with Crippen LogP contribution in [-0.4, -0.2) is 24.2 Å². The maximum atomic E-state index is 11.7. The molecule has 1 aromatic carbocycles. The molecule has 1 aromatic heterocycles. The first-order valence-electron chi connectivity index (χ1n) is 13.0. The molecule has 0 saturated carbocycles. The molecular formula is C30H39NO3. The molecule has 0 saturated heterocycles. The van der Waals surface area contributed by atoms with Gasteiger partial charge in [0.15, 0.2) is 0 Å². The Kier molecular flexibility index (Phi) is 9.57. The highest BCUT2D eigenvalue weighted by molar-refractivity contribution is 5.72. The zero-order chi connectivity index (χ0) is 24.4. The van der Waals surface area contributed by atoms with Gasteiger partial charge in [-0.1, -0.05) is 52.0 Å². The highest BCUT2D eigenvalue weighted by Crippen LogP contribution is 2.44. The molecule has 0 bridgehead atoms. The van der Waals surface area contributed by atoms with Gasteiger partial charge in [-0.15, -0.1) is 0 Å². The van der Waals surface area contributed by atoms with Crippen molar-refractivity contribution < 1.29 is 14.3 Å². The van der Waals surface area contributed by atoms with E-state index in [1.54, 1.807) is 6.20 Å². The number of ether oxygens (including phenoxy) is 2. The molecule has 0 fully saturated rings. The van der Waals surface area contributed by atoms with Crippen LogP contribution in [0.25, 0.3) is 0 Å². The molecule has 0 unspecified atom stereocenters. The highest BCUT2D eigenvalue weighted by Gasteiger charge is 2.35. The lowest BCUT2D eigenvalue weighted by Gasteiger charge is -2.38. The topological polar surface area (TPSA) is 48.4 Å². The van der Waals surface area contributed by atoms with Gasteiger partial charge in [0.1, 0.15) is 11.4 Å². The predicted molar refractivity (Wildman–Crippen MR) is 137 cm³/mol. The molecule has 1 aliphatic heterocycles. The molecule has 0 N–H and O–H groups in total. The van der Waals surface area contributed by atoms with Gasteiger partial charge in [-0.25, -0.2) is 4.98 Å². The predicted octanol–water partition coefficient (Wildman–Crippen LogP) is 6.55. The zero-order valence-corrected chi connectivity index (χ0v) is 21.3. The van der Waals surface area contributed by atoms with Crippen LogP contribution >= 0.6 is 0 Å². The van der Waals surface area contributed by atoms with Gasteiger partial charge < -0.3 is 9.47 Å². The fraction of sp³-hybridized carbons (Fsp3) is 0.533. The number of fused-ring (bicyclic) bond motifs is 1. The summed E-state index contributed by atoms with van der Waals surface area (Å²) in [6.07, 6.45) is 11.1. The lowest BCUT2D eigenvalue weighted by molar-refractivity contribution is -0.142. The number of carbonyl (C=O) groups is 1. The Hall–Kier alpha value is -2.80. The van der Waals surface area contributed by atoms with Crippen LogP contribution in [0.4, 0.5) is 0 Å². The molecule has 4 nitrogen and oxygen atoms in total. The number of esters is 1. The molecule has 2 aromatic rings. The van der Waals surface area contributed by atoms with Gasteiger partial charge in [0, 0.05) is 22.7 Å². The molecule has 0 amide bonds. The number of rotatable bonds is 10. The Labute approximate surface area is 205 Å². The largest absolute Gasteiger partial charge is 0.493 e. The Bertz CT molecular complexity index is 1010. The summed E-state index contributed by atoms with van der Waals surface area (Å²) in [5.74, 6) is 7.50. The van der Waals surface area contributed by atoms with E-state index in [1.165, 1.54) is 30.4 Å². The summed E-state index contributed by atoms with van der Waals surface area (Å²) in [5, 5.41) is 0. The molecule has 0 aliphatic carbocycles. The maximum absolute atomic E-state index is 11.7. The standard InChI is InChI=1S/C30H39NO3/c1-5-9-10-11-12-24-21-28-27(30(6-2,7-3)17-18-34-28)20-25(24)14-16-26-15-13-23(22-31-26)19-29(32)33-8-4/h13,15,20-22H,5-12,17-19H2,1-4H3. The third-order valence-electron chi connectivity index (χ3n) is 7.07. The zero-order valence-electron chi connectivity index (χ0n) is 21.3. The van der Waals surface area contributed by atoms with Crippen LogP contribution in [-0.2, 0) is 27.8 Å². The molecular weight excluding hydrogens is 422 g/mol. The molecule has 0 atom stereocenters. The number of benzene rings is 1. The van der Waals surface area contributed by atoms with Gasteiger partial charge in [0.05, 0.1) is 19.6 Å². The molecule has 182 valence electrons. The van der Waals surface area contributed by atoms with Crippen LogP contribution in [0, 0.1) is 11.8 Å². The molecule has 3 rings (SSSR count). The van der Waals surface area contributed by atoms with Crippen LogP contribution in [0.15, 0.2) is 30.5 Å². The SMILES string of the molecule is CCCCCCc1cc2c(cc1C#Cc1ccc(CC(=O)OCC)cn1)C(CC)(CC)CCO2. The van der Waals surface area contributed by atoms with E-state index in [1.807, 2.05) is 19.1 Å². The molecule has 34 heavy (non-hydrogen) atoms. The van der Waals surface area contributed by atoms with Crippen molar-refractivity contribution in [2.75, 3.05) is 13.2 Å². The monoisotopic (exact) mass is 461 g/mol. The van der Waals surface area contributed by atoms with Crippen LogP contribution in [0.2, 0.25) is 0 Å². The van der Waals surface area contributed by atoms with E-state index in [-0.39, 0.29) is 17.8 Å². The van der Waals surface area contributed by atoms with Crippen LogP contribution < -0.4 is 4.74 Å². The fourth-order valence-electron chi connectivity index (χ4n) is 4.81. The number of aryl methyl sites for hydroxylation is 1. The number of pyridine rings is 1. The van der Waals surface area contributed by atoms with Gasteiger partial charge in [-0.2, -0.15) is 0 Å². The fourth-order valence-corrected chi connectivity index (χ4v) is 4.81. The normalized spacial score (nSPS) is 13.9. The van der Waals surface area contributed by atoms with Gasteiger partial charge in [-0.05, 0) is 74.3 Å². The van der Waals surface area contributed by atoms with E-state index < -0.39 is 0 Å². The Morgan fingerprint density at radius 3 is 2.59 bits per heavy atom. The first kappa shape index (κ1) is 25.8. The molecule has 2 heterocycles. The number of carbonyl (C=O) groups excluding carboxylic acids is 1. The van der Waals surface area contributed by atoms with Crippen LogP contribution in [0.5, 0.6) is 5.75 Å². The minimum atomic E-state index is -0.234. The second-order valence-electron chi connectivity index (χ2n) is 9.19. The minimum absolute atomic E-state index is 0.164. The number of unbranched alkanes of at least 4 members (excludes halogenated alkanes) is 3. The van der Waals surface area contributed by atoms with Gasteiger partial charge >= 0.3 is 5.97 Å². The molecule has 4 heteroatoms. The third kappa shape index (κ3) is 6.41. The summed E-state index contributed by atoms with van der Waals surface area (Å²) in [7, 11) is 0. The molecule has 0 radical (unpaired) electrons. The summed E-state index contributed by atoms with van der Waals surface area (Å²) in [6, 6.07) is 8.32. The van der Waals surface area contributed by atoms with Crippen LogP contribution in [0.1, 0.15) is 101 Å². The van der Waals surface area contributed by atoms with Crippen LogP contribution in [0.3, 0.4) is 0 Å². The van der Waals surface area contributed by atoms with E-state index in [9.17, 15) is 4.79 Å². The summed E-state index contributed by atoms with van der Waals surface area (Å²) < 4.78 is 11.1. The molecule has 1 aliphatic rings. The number of aromatic nitrogens is 1. The number of nitrogens with zero attached hydrogens (tertiary/aromatic N) is 1. The van der Waals surface area contributed by atoms with E-state index in [4.69, 9.17) is 9.47 Å². The quantitative estimate of drug-likeness (QED) is 0.229. The average Bonchev–Trinajstić information content (AvgIpc) is 2.86. The smallest absolute Gasteiger partial charge is 0.310 e. The first-order valence-corrected chi connectivity index (χ1v) is 13.0. The second-order valence-corrected chi connectivity index (χ2v) is 9.19. The van der Waals surface area contributed by atoms with Crippen molar-refractivity contribution in [3.05, 3.63) is 58.4 Å². The Morgan fingerprint density at radius 2 is 1.91 bits per heavy atom. The van der Waals surface area contributed by atoms with Crippen molar-refractivity contribution in [3.63, 3.8) is 0 Å². The van der Waals surface area contributed by atoms with Crippen molar-refractivity contribution in [1.82, 2.24) is 4.98 Å². The van der Waals surface area contributed by atoms with Gasteiger partial charge in [0.25, 0.3) is 0 Å². The summed E-state index contributed by atoms with van der Waals surface area (Å²) >= 11 is 0. The number of hydrogen-bond acceptors (Lipinski definition) is 4. The van der Waals surface area contributed by atoms with E-state index >= 15 is 0 Å². The van der Waals surface area contributed by atoms with Crippen molar-refractivity contribution in [3.8, 4) is 17.6 Å². The number of hydrogen-bond donors (Lipinski definition) is 0. The minimum Gasteiger partial charge on any atom is -0.493 e. The van der Waals surface area contributed by atoms with Gasteiger partial charge in [-0.3, -0.25) is 4.79 Å². The van der Waals surface area contributed by atoms with E-state index in [2.05, 4.69) is 49.7 Å². The Morgan fingerprint density at radius 1 is 1.09 bits per heavy atom. The van der Waals surface area contributed by atoms with Crippen molar-refractivity contribution in [1.29, 1.82) is 0 Å². The summed E-state index contributed by atoms with van der Waals surface area (Å²) in [6.45, 7) is 9.79. The third-order valence-corrected chi connectivity index (χ3v) is 7.07. The van der Waals surface area contributed by atoms with Crippen molar-refractivity contribution >= 4 is 5.97 Å². The van der Waals surface area contributed by atoms with E-state index in [0.29, 0.717) is 12.3 Å². The Balaban J connectivity index is 1.90. The highest BCUT2D eigenvalue weighted by atomic mass is 16.5.